The fourth-order valence-electron chi connectivity index (χ4n) is 2.21. The quantitative estimate of drug-likeness (QED) is 0.539. The summed E-state index contributed by atoms with van der Waals surface area (Å²) in [5.74, 6) is -4.19. The summed E-state index contributed by atoms with van der Waals surface area (Å²) in [7, 11) is 0. The Kier molecular flexibility index (Phi) is 8.75. The van der Waals surface area contributed by atoms with Gasteiger partial charge in [-0.15, -0.1) is 0 Å². The van der Waals surface area contributed by atoms with E-state index in [1.165, 1.54) is 0 Å². The molecule has 2 atom stereocenters. The minimum atomic E-state index is -5.16. The molecule has 0 aliphatic carbocycles. The Balaban J connectivity index is 3.28. The number of alkyl halides is 3. The predicted molar refractivity (Wildman–Crippen MR) is 105 cm³/mol. The lowest BCUT2D eigenvalue weighted by molar-refractivity contribution is -0.177. The minimum Gasteiger partial charge on any atom is -0.478 e. The van der Waals surface area contributed by atoms with Crippen LogP contribution in [0, 0.1) is 0 Å². The topological polar surface area (TPSA) is 64.6 Å². The van der Waals surface area contributed by atoms with Crippen molar-refractivity contribution in [1.82, 2.24) is 5.32 Å². The second kappa shape index (κ2) is 10.1. The van der Waals surface area contributed by atoms with Gasteiger partial charge in [0.15, 0.2) is 0 Å². The van der Waals surface area contributed by atoms with Gasteiger partial charge in [-0.05, 0) is 44.8 Å². The number of carbonyl (C=O) groups excluding carboxylic acids is 2. The summed E-state index contributed by atoms with van der Waals surface area (Å²) >= 11 is 6.10. The van der Waals surface area contributed by atoms with E-state index in [9.17, 15) is 22.8 Å². The number of nitrogens with one attached hydrogen (secondary N) is 1. The first-order valence-electron chi connectivity index (χ1n) is 8.21. The van der Waals surface area contributed by atoms with Crippen LogP contribution >= 0.6 is 24.0 Å². The van der Waals surface area contributed by atoms with E-state index in [0.29, 0.717) is 5.56 Å². The molecule has 0 spiro atoms. The van der Waals surface area contributed by atoms with Crippen LogP contribution in [0.15, 0.2) is 30.3 Å². The number of halogens is 3. The molecule has 0 radical (unpaired) electrons. The maximum atomic E-state index is 12.8. The van der Waals surface area contributed by atoms with Crippen molar-refractivity contribution >= 4 is 40.2 Å². The Morgan fingerprint density at radius 3 is 2.21 bits per heavy atom. The SMILES string of the molecule is CSC(=S)OCC(c1ccccc1)C(NC(=O)C(F)(F)F)C(=O)OC(C)(C)C. The summed E-state index contributed by atoms with van der Waals surface area (Å²) < 4.78 is 49.3. The molecular formula is C18H22F3NO4S2. The number of esters is 1. The van der Waals surface area contributed by atoms with Crippen molar-refractivity contribution in [2.45, 2.75) is 44.5 Å². The van der Waals surface area contributed by atoms with E-state index >= 15 is 0 Å². The maximum absolute atomic E-state index is 12.8. The molecule has 28 heavy (non-hydrogen) atoms. The van der Waals surface area contributed by atoms with Crippen molar-refractivity contribution in [3.63, 3.8) is 0 Å². The molecule has 0 bridgehead atoms. The minimum absolute atomic E-state index is 0.158. The van der Waals surface area contributed by atoms with Gasteiger partial charge in [0, 0.05) is 5.92 Å². The van der Waals surface area contributed by atoms with Gasteiger partial charge in [-0.3, -0.25) is 4.79 Å². The molecule has 156 valence electrons. The first kappa shape index (κ1) is 24.2. The monoisotopic (exact) mass is 437 g/mol. The van der Waals surface area contributed by atoms with Crippen LogP contribution in [0.2, 0.25) is 0 Å². The van der Waals surface area contributed by atoms with Crippen molar-refractivity contribution in [3.8, 4) is 0 Å². The van der Waals surface area contributed by atoms with E-state index in [0.717, 1.165) is 11.8 Å². The Hall–Kier alpha value is -1.81. The van der Waals surface area contributed by atoms with Gasteiger partial charge in [0.1, 0.15) is 11.6 Å². The molecule has 0 aromatic heterocycles. The fraction of sp³-hybridized carbons (Fsp3) is 0.500. The normalized spacial score (nSPS) is 14.0. The van der Waals surface area contributed by atoms with Crippen LogP contribution in [0.1, 0.15) is 32.3 Å². The second-order valence-electron chi connectivity index (χ2n) is 6.76. The molecule has 2 unspecified atom stereocenters. The zero-order valence-corrected chi connectivity index (χ0v) is 17.5. The third-order valence-electron chi connectivity index (χ3n) is 3.38. The van der Waals surface area contributed by atoms with Crippen LogP contribution in [0.25, 0.3) is 0 Å². The number of ether oxygens (including phenoxy) is 2. The molecule has 1 rings (SSSR count). The zero-order valence-electron chi connectivity index (χ0n) is 15.8. The molecule has 0 aliphatic rings. The number of hydrogen-bond donors (Lipinski definition) is 1. The molecule has 1 amide bonds. The Morgan fingerprint density at radius 1 is 1.18 bits per heavy atom. The average Bonchev–Trinajstić information content (AvgIpc) is 2.58. The highest BCUT2D eigenvalue weighted by molar-refractivity contribution is 8.22. The van der Waals surface area contributed by atoms with Gasteiger partial charge in [-0.25, -0.2) is 4.79 Å². The maximum Gasteiger partial charge on any atom is 0.471 e. The number of rotatable bonds is 6. The first-order chi connectivity index (χ1) is 12.8. The highest BCUT2D eigenvalue weighted by Gasteiger charge is 2.44. The van der Waals surface area contributed by atoms with E-state index in [4.69, 9.17) is 21.7 Å². The van der Waals surface area contributed by atoms with Gasteiger partial charge in [0.2, 0.25) is 4.38 Å². The number of thioether (sulfide) groups is 1. The van der Waals surface area contributed by atoms with Crippen molar-refractivity contribution in [1.29, 1.82) is 0 Å². The van der Waals surface area contributed by atoms with Gasteiger partial charge >= 0.3 is 18.1 Å². The van der Waals surface area contributed by atoms with E-state index in [2.05, 4.69) is 0 Å². The number of carbonyl (C=O) groups is 2. The average molecular weight is 438 g/mol. The number of thiocarbonyl (C=S) groups is 1. The lowest BCUT2D eigenvalue weighted by Crippen LogP contribution is -2.52. The lowest BCUT2D eigenvalue weighted by atomic mass is 9.91. The van der Waals surface area contributed by atoms with Gasteiger partial charge in [-0.2, -0.15) is 13.2 Å². The van der Waals surface area contributed by atoms with E-state index < -0.39 is 35.6 Å². The summed E-state index contributed by atoms with van der Waals surface area (Å²) in [5, 5.41) is 1.75. The highest BCUT2D eigenvalue weighted by atomic mass is 32.2. The molecule has 0 saturated carbocycles. The van der Waals surface area contributed by atoms with Crippen LogP contribution in [-0.2, 0) is 19.1 Å². The Bertz CT molecular complexity index is 690. The molecule has 0 aliphatic heterocycles. The molecule has 0 fully saturated rings. The molecule has 0 heterocycles. The van der Waals surface area contributed by atoms with Crippen LogP contribution in [0.4, 0.5) is 13.2 Å². The van der Waals surface area contributed by atoms with Gasteiger partial charge in [0.25, 0.3) is 0 Å². The van der Waals surface area contributed by atoms with Crippen molar-refractivity contribution in [2.75, 3.05) is 12.9 Å². The smallest absolute Gasteiger partial charge is 0.471 e. The van der Waals surface area contributed by atoms with Gasteiger partial charge in [-0.1, -0.05) is 42.1 Å². The van der Waals surface area contributed by atoms with Crippen LogP contribution in [0.3, 0.4) is 0 Å². The van der Waals surface area contributed by atoms with Crippen LogP contribution < -0.4 is 5.32 Å². The highest BCUT2D eigenvalue weighted by Crippen LogP contribution is 2.25. The second-order valence-corrected chi connectivity index (χ2v) is 8.17. The number of benzene rings is 1. The number of amides is 1. The number of hydrogen-bond acceptors (Lipinski definition) is 6. The first-order valence-corrected chi connectivity index (χ1v) is 9.84. The van der Waals surface area contributed by atoms with E-state index in [1.54, 1.807) is 62.7 Å². The van der Waals surface area contributed by atoms with Crippen LogP contribution in [0.5, 0.6) is 0 Å². The molecule has 5 nitrogen and oxygen atoms in total. The van der Waals surface area contributed by atoms with Crippen LogP contribution in [-0.4, -0.2) is 46.9 Å². The largest absolute Gasteiger partial charge is 0.478 e. The molecule has 1 aromatic rings. The van der Waals surface area contributed by atoms with Crippen molar-refractivity contribution < 1.29 is 32.2 Å². The van der Waals surface area contributed by atoms with Gasteiger partial charge < -0.3 is 14.8 Å². The lowest BCUT2D eigenvalue weighted by Gasteiger charge is -2.30. The standard InChI is InChI=1S/C18H22F3NO4S2/c1-17(2,3)26-14(23)13(22-15(24)18(19,20)21)12(10-25-16(27)28-4)11-8-6-5-7-9-11/h5-9,12-13H,10H2,1-4H3,(H,22,24). The van der Waals surface area contributed by atoms with E-state index in [1.807, 2.05) is 0 Å². The van der Waals surface area contributed by atoms with E-state index in [-0.39, 0.29) is 11.0 Å². The summed E-state index contributed by atoms with van der Waals surface area (Å²) in [6.45, 7) is 4.50. The summed E-state index contributed by atoms with van der Waals surface area (Å²) in [4.78, 5) is 24.2. The predicted octanol–water partition coefficient (Wildman–Crippen LogP) is 3.82. The summed E-state index contributed by atoms with van der Waals surface area (Å²) in [6.07, 6.45) is -3.48. The summed E-state index contributed by atoms with van der Waals surface area (Å²) in [5.41, 5.74) is -0.473. The fourth-order valence-corrected chi connectivity index (χ4v) is 2.47. The third kappa shape index (κ3) is 8.05. The molecule has 1 aromatic carbocycles. The van der Waals surface area contributed by atoms with Crippen molar-refractivity contribution in [2.24, 2.45) is 0 Å². The molecular weight excluding hydrogens is 415 g/mol. The molecule has 0 saturated heterocycles. The van der Waals surface area contributed by atoms with Gasteiger partial charge in [0.05, 0.1) is 6.61 Å². The molecule has 1 N–H and O–H groups in total. The third-order valence-corrected chi connectivity index (χ3v) is 4.45. The summed E-state index contributed by atoms with van der Waals surface area (Å²) in [6, 6.07) is 6.64. The Morgan fingerprint density at radius 2 is 1.75 bits per heavy atom. The Labute approximate surface area is 171 Å². The zero-order chi connectivity index (χ0) is 21.5. The molecule has 10 heteroatoms. The van der Waals surface area contributed by atoms with Crippen molar-refractivity contribution in [3.05, 3.63) is 35.9 Å².